The first kappa shape index (κ1) is 22.0. The van der Waals surface area contributed by atoms with Gasteiger partial charge in [0.25, 0.3) is 0 Å². The van der Waals surface area contributed by atoms with Crippen molar-refractivity contribution < 1.29 is 18.9 Å². The fourth-order valence-corrected chi connectivity index (χ4v) is 3.88. The Morgan fingerprint density at radius 2 is 1.75 bits per heavy atom. The lowest BCUT2D eigenvalue weighted by Crippen LogP contribution is -2.24. The van der Waals surface area contributed by atoms with Crippen LogP contribution in [0.4, 0.5) is 0 Å². The lowest BCUT2D eigenvalue weighted by molar-refractivity contribution is 0.243. The van der Waals surface area contributed by atoms with Crippen LogP contribution in [0.5, 0.6) is 28.9 Å². The van der Waals surface area contributed by atoms with Gasteiger partial charge in [-0.25, -0.2) is 4.98 Å². The Kier molecular flexibility index (Phi) is 7.46. The molecule has 0 bridgehead atoms. The zero-order valence-corrected chi connectivity index (χ0v) is 18.8. The molecule has 6 nitrogen and oxygen atoms in total. The van der Waals surface area contributed by atoms with Crippen LogP contribution in [0.1, 0.15) is 30.4 Å². The van der Waals surface area contributed by atoms with E-state index < -0.39 is 0 Å². The predicted octanol–water partition coefficient (Wildman–Crippen LogP) is 5.46. The Morgan fingerprint density at radius 3 is 2.59 bits per heavy atom. The van der Waals surface area contributed by atoms with Crippen LogP contribution in [0.3, 0.4) is 0 Å². The van der Waals surface area contributed by atoms with Crippen molar-refractivity contribution in [1.82, 2.24) is 9.88 Å². The highest BCUT2D eigenvalue weighted by molar-refractivity contribution is 5.44. The third-order valence-corrected chi connectivity index (χ3v) is 5.53. The molecule has 2 heterocycles. The fourth-order valence-electron chi connectivity index (χ4n) is 3.88. The number of hydrogen-bond acceptors (Lipinski definition) is 6. The van der Waals surface area contributed by atoms with E-state index in [2.05, 4.69) is 22.0 Å². The summed E-state index contributed by atoms with van der Waals surface area (Å²) in [6.45, 7) is 3.17. The molecule has 0 fully saturated rings. The number of pyridine rings is 1. The van der Waals surface area contributed by atoms with Gasteiger partial charge in [0.2, 0.25) is 5.88 Å². The Morgan fingerprint density at radius 1 is 0.906 bits per heavy atom. The molecule has 0 amide bonds. The Balaban J connectivity index is 1.60. The van der Waals surface area contributed by atoms with Crippen molar-refractivity contribution in [3.05, 3.63) is 71.9 Å². The van der Waals surface area contributed by atoms with E-state index in [9.17, 15) is 0 Å². The summed E-state index contributed by atoms with van der Waals surface area (Å²) in [4.78, 5) is 6.95. The van der Waals surface area contributed by atoms with Crippen LogP contribution < -0.4 is 18.9 Å². The smallest absolute Gasteiger partial charge is 0.223 e. The summed E-state index contributed by atoms with van der Waals surface area (Å²) in [6, 6.07) is 17.9. The molecule has 1 aliphatic rings. The van der Waals surface area contributed by atoms with Gasteiger partial charge in [-0.1, -0.05) is 24.3 Å². The number of benzene rings is 2. The van der Waals surface area contributed by atoms with E-state index in [-0.39, 0.29) is 0 Å². The molecule has 0 aliphatic carbocycles. The van der Waals surface area contributed by atoms with E-state index in [4.69, 9.17) is 18.9 Å². The van der Waals surface area contributed by atoms with Crippen LogP contribution in [0, 0.1) is 0 Å². The molecule has 1 aromatic heterocycles. The van der Waals surface area contributed by atoms with E-state index in [1.165, 1.54) is 5.56 Å². The third-order valence-electron chi connectivity index (χ3n) is 5.53. The number of fused-ring (bicyclic) bond motifs is 2. The molecule has 3 aromatic rings. The van der Waals surface area contributed by atoms with Crippen LogP contribution >= 0.6 is 0 Å². The third kappa shape index (κ3) is 5.51. The molecule has 168 valence electrons. The number of ether oxygens (including phenoxy) is 4. The highest BCUT2D eigenvalue weighted by Gasteiger charge is 2.16. The van der Waals surface area contributed by atoms with Crippen LogP contribution in [0.2, 0.25) is 0 Å². The molecular weight excluding hydrogens is 404 g/mol. The predicted molar refractivity (Wildman–Crippen MR) is 124 cm³/mol. The highest BCUT2D eigenvalue weighted by atomic mass is 16.5. The van der Waals surface area contributed by atoms with Gasteiger partial charge < -0.3 is 18.9 Å². The van der Waals surface area contributed by atoms with Crippen molar-refractivity contribution in [2.75, 3.05) is 27.4 Å². The molecule has 4 rings (SSSR count). The van der Waals surface area contributed by atoms with Crippen molar-refractivity contribution in [2.24, 2.45) is 0 Å². The largest absolute Gasteiger partial charge is 0.493 e. The molecule has 0 N–H and O–H groups in total. The maximum absolute atomic E-state index is 6.22. The van der Waals surface area contributed by atoms with Gasteiger partial charge in [-0.2, -0.15) is 0 Å². The maximum Gasteiger partial charge on any atom is 0.223 e. The minimum atomic E-state index is 0.611. The average molecular weight is 435 g/mol. The number of nitrogens with zero attached hydrogens (tertiary/aromatic N) is 2. The fraction of sp³-hybridized carbons (Fsp3) is 0.346. The molecule has 0 saturated heterocycles. The number of methoxy groups -OCH3 is 2. The van der Waals surface area contributed by atoms with Crippen molar-refractivity contribution in [3.63, 3.8) is 0 Å². The summed E-state index contributed by atoms with van der Waals surface area (Å²) in [5, 5.41) is 0. The minimum absolute atomic E-state index is 0.611. The molecule has 0 atom stereocenters. The molecule has 0 unspecified atom stereocenters. The van der Waals surface area contributed by atoms with Crippen LogP contribution in [0.15, 0.2) is 60.8 Å². The summed E-state index contributed by atoms with van der Waals surface area (Å²) in [5.74, 6) is 3.54. The van der Waals surface area contributed by atoms with Gasteiger partial charge in [0, 0.05) is 24.8 Å². The van der Waals surface area contributed by atoms with Gasteiger partial charge in [0.15, 0.2) is 23.0 Å². The summed E-state index contributed by atoms with van der Waals surface area (Å²) < 4.78 is 23.1. The van der Waals surface area contributed by atoms with Gasteiger partial charge in [-0.3, -0.25) is 4.90 Å². The quantitative estimate of drug-likeness (QED) is 0.544. The van der Waals surface area contributed by atoms with Crippen molar-refractivity contribution in [3.8, 4) is 28.9 Å². The van der Waals surface area contributed by atoms with Crippen LogP contribution in [-0.2, 0) is 13.1 Å². The molecule has 0 radical (unpaired) electrons. The van der Waals surface area contributed by atoms with Gasteiger partial charge in [0.05, 0.1) is 20.8 Å². The summed E-state index contributed by atoms with van der Waals surface area (Å²) in [7, 11) is 3.32. The van der Waals surface area contributed by atoms with E-state index in [1.807, 2.05) is 42.5 Å². The Hall–Kier alpha value is -3.25. The molecule has 6 heteroatoms. The van der Waals surface area contributed by atoms with Gasteiger partial charge in [0.1, 0.15) is 0 Å². The second-order valence-corrected chi connectivity index (χ2v) is 7.83. The van der Waals surface area contributed by atoms with Crippen LogP contribution in [-0.4, -0.2) is 37.3 Å². The first-order chi connectivity index (χ1) is 15.8. The first-order valence-electron chi connectivity index (χ1n) is 11.0. The van der Waals surface area contributed by atoms with E-state index in [0.29, 0.717) is 18.2 Å². The molecular formula is C26H30N2O4. The second kappa shape index (κ2) is 10.9. The Bertz CT molecular complexity index is 1020. The molecule has 0 spiro atoms. The topological polar surface area (TPSA) is 53.1 Å². The summed E-state index contributed by atoms with van der Waals surface area (Å²) in [5.41, 5.74) is 2.22. The van der Waals surface area contributed by atoms with Crippen LogP contribution in [0.25, 0.3) is 0 Å². The Labute approximate surface area is 189 Å². The van der Waals surface area contributed by atoms with Crippen molar-refractivity contribution in [2.45, 2.75) is 32.4 Å². The number of hydrogen-bond donors (Lipinski definition) is 0. The highest BCUT2D eigenvalue weighted by Crippen LogP contribution is 2.33. The lowest BCUT2D eigenvalue weighted by Gasteiger charge is -2.24. The van der Waals surface area contributed by atoms with Gasteiger partial charge in [-0.05, 0) is 61.7 Å². The van der Waals surface area contributed by atoms with Crippen molar-refractivity contribution in [1.29, 1.82) is 0 Å². The molecule has 0 saturated carbocycles. The number of rotatable bonds is 4. The van der Waals surface area contributed by atoms with E-state index in [0.717, 1.165) is 61.7 Å². The van der Waals surface area contributed by atoms with E-state index >= 15 is 0 Å². The minimum Gasteiger partial charge on any atom is -0.493 e. The van der Waals surface area contributed by atoms with Crippen molar-refractivity contribution >= 4 is 0 Å². The average Bonchev–Trinajstić information content (AvgIpc) is 2.84. The number of para-hydroxylation sites is 2. The lowest BCUT2D eigenvalue weighted by atomic mass is 10.1. The zero-order chi connectivity index (χ0) is 22.2. The molecule has 32 heavy (non-hydrogen) atoms. The van der Waals surface area contributed by atoms with Gasteiger partial charge in [-0.15, -0.1) is 0 Å². The second-order valence-electron chi connectivity index (χ2n) is 7.83. The number of aromatic nitrogens is 1. The van der Waals surface area contributed by atoms with E-state index in [1.54, 1.807) is 20.4 Å². The van der Waals surface area contributed by atoms with Gasteiger partial charge >= 0.3 is 0 Å². The monoisotopic (exact) mass is 434 g/mol. The molecule has 1 aliphatic heterocycles. The summed E-state index contributed by atoms with van der Waals surface area (Å²) >= 11 is 0. The first-order valence-corrected chi connectivity index (χ1v) is 11.0. The standard InChI is InChI=1S/C26H30N2O4/c1-29-22-13-12-20(17-25(22)30-2)18-28-15-6-3-7-16-31-23-10-4-5-11-24(23)32-26-21(19-28)9-8-14-27-26/h4-5,8-14,17H,3,6-7,15-16,18-19H2,1-2H3. The zero-order valence-electron chi connectivity index (χ0n) is 18.8. The maximum atomic E-state index is 6.22. The molecule has 2 aromatic carbocycles. The SMILES string of the molecule is COc1ccc(CN2CCCCCOc3ccccc3Oc3ncccc3C2)cc1OC. The normalized spacial score (nSPS) is 14.9. The summed E-state index contributed by atoms with van der Waals surface area (Å²) in [6.07, 6.45) is 4.96.